The highest BCUT2D eigenvalue weighted by atomic mass is 32.2. The minimum Gasteiger partial charge on any atom is -0.493 e. The molecule has 27 heavy (non-hydrogen) atoms. The van der Waals surface area contributed by atoms with Gasteiger partial charge in [0.25, 0.3) is 0 Å². The number of ether oxygens (including phenoxy) is 2. The van der Waals surface area contributed by atoms with Crippen molar-refractivity contribution >= 4 is 17.4 Å². The molecule has 6 heteroatoms. The zero-order valence-corrected chi connectivity index (χ0v) is 17.0. The van der Waals surface area contributed by atoms with Crippen molar-refractivity contribution in [3.05, 3.63) is 52.1 Å². The Morgan fingerprint density at radius 1 is 1.00 bits per heavy atom. The summed E-state index contributed by atoms with van der Waals surface area (Å²) in [4.78, 5) is 13.0. The molecule has 0 aliphatic carbocycles. The fourth-order valence-electron chi connectivity index (χ4n) is 2.39. The molecule has 0 spiro atoms. The van der Waals surface area contributed by atoms with Crippen LogP contribution in [0.1, 0.15) is 45.1 Å². The first kappa shape index (κ1) is 21.1. The van der Waals surface area contributed by atoms with E-state index < -0.39 is 4.92 Å². The van der Waals surface area contributed by atoms with Gasteiger partial charge in [0.15, 0.2) is 0 Å². The first-order chi connectivity index (χ1) is 13.0. The summed E-state index contributed by atoms with van der Waals surface area (Å²) < 4.78 is 11.6. The average Bonchev–Trinajstić information content (AvgIpc) is 2.65. The largest absolute Gasteiger partial charge is 0.493 e. The summed E-state index contributed by atoms with van der Waals surface area (Å²) in [6, 6.07) is 11.4. The Kier molecular flexibility index (Phi) is 8.45. The molecule has 0 saturated carbocycles. The SMILES string of the molecule is CCCCOc1cc(Sc2ccc(C)cc2)c(OCCCC)c([N+](=O)[O-])c1. The van der Waals surface area contributed by atoms with Crippen molar-refractivity contribution in [2.75, 3.05) is 13.2 Å². The van der Waals surface area contributed by atoms with Gasteiger partial charge in [-0.25, -0.2) is 0 Å². The van der Waals surface area contributed by atoms with Crippen molar-refractivity contribution in [1.82, 2.24) is 0 Å². The molecule has 0 heterocycles. The Labute approximate surface area is 165 Å². The molecule has 0 aromatic heterocycles. The maximum atomic E-state index is 11.6. The van der Waals surface area contributed by atoms with Crippen molar-refractivity contribution in [3.63, 3.8) is 0 Å². The van der Waals surface area contributed by atoms with Crippen LogP contribution < -0.4 is 9.47 Å². The third-order valence-corrected chi connectivity index (χ3v) is 5.00. The molecule has 2 aromatic rings. The second-order valence-electron chi connectivity index (χ2n) is 6.35. The molecular formula is C21H27NO4S. The van der Waals surface area contributed by atoms with Gasteiger partial charge in [-0.3, -0.25) is 10.1 Å². The molecular weight excluding hydrogens is 362 g/mol. The smallest absolute Gasteiger partial charge is 0.315 e. The third-order valence-electron chi connectivity index (χ3n) is 3.97. The van der Waals surface area contributed by atoms with Crippen LogP contribution in [0.3, 0.4) is 0 Å². The van der Waals surface area contributed by atoms with Crippen molar-refractivity contribution in [1.29, 1.82) is 0 Å². The molecule has 0 aliphatic rings. The Morgan fingerprint density at radius 2 is 1.63 bits per heavy atom. The summed E-state index contributed by atoms with van der Waals surface area (Å²) in [7, 11) is 0. The van der Waals surface area contributed by atoms with E-state index in [9.17, 15) is 10.1 Å². The van der Waals surface area contributed by atoms with Crippen LogP contribution in [0.15, 0.2) is 46.2 Å². The average molecular weight is 390 g/mol. The van der Waals surface area contributed by atoms with Crippen LogP contribution in [0.4, 0.5) is 5.69 Å². The normalized spacial score (nSPS) is 10.6. The summed E-state index contributed by atoms with van der Waals surface area (Å²) in [5.74, 6) is 0.828. The van der Waals surface area contributed by atoms with E-state index in [2.05, 4.69) is 13.8 Å². The fourth-order valence-corrected chi connectivity index (χ4v) is 3.35. The molecule has 2 rings (SSSR count). The van der Waals surface area contributed by atoms with Crippen LogP contribution in [-0.4, -0.2) is 18.1 Å². The lowest BCUT2D eigenvalue weighted by atomic mass is 10.2. The minimum atomic E-state index is -0.396. The second kappa shape index (κ2) is 10.8. The number of hydrogen-bond acceptors (Lipinski definition) is 5. The van der Waals surface area contributed by atoms with Crippen LogP contribution in [-0.2, 0) is 0 Å². The molecule has 0 atom stereocenters. The monoisotopic (exact) mass is 389 g/mol. The van der Waals surface area contributed by atoms with E-state index in [0.29, 0.717) is 29.6 Å². The Hall–Kier alpha value is -2.21. The van der Waals surface area contributed by atoms with Gasteiger partial charge in [0, 0.05) is 4.90 Å². The Morgan fingerprint density at radius 3 is 2.22 bits per heavy atom. The predicted octanol–water partition coefficient (Wildman–Crippen LogP) is 6.41. The molecule has 0 amide bonds. The predicted molar refractivity (Wildman–Crippen MR) is 109 cm³/mol. The topological polar surface area (TPSA) is 61.6 Å². The van der Waals surface area contributed by atoms with Gasteiger partial charge in [-0.2, -0.15) is 0 Å². The van der Waals surface area contributed by atoms with Crippen LogP contribution in [0.25, 0.3) is 0 Å². The van der Waals surface area contributed by atoms with Crippen molar-refractivity contribution in [2.24, 2.45) is 0 Å². The Balaban J connectivity index is 2.39. The lowest BCUT2D eigenvalue weighted by Crippen LogP contribution is -2.03. The van der Waals surface area contributed by atoms with E-state index >= 15 is 0 Å². The summed E-state index contributed by atoms with van der Waals surface area (Å²) in [5.41, 5.74) is 1.12. The maximum Gasteiger partial charge on any atom is 0.315 e. The number of unbranched alkanes of at least 4 members (excludes halogenated alkanes) is 2. The number of aryl methyl sites for hydroxylation is 1. The van der Waals surface area contributed by atoms with Gasteiger partial charge in [0.1, 0.15) is 5.75 Å². The van der Waals surface area contributed by atoms with Gasteiger partial charge in [-0.15, -0.1) is 0 Å². The van der Waals surface area contributed by atoms with E-state index in [4.69, 9.17) is 9.47 Å². The van der Waals surface area contributed by atoms with Crippen molar-refractivity contribution < 1.29 is 14.4 Å². The van der Waals surface area contributed by atoms with Gasteiger partial charge < -0.3 is 9.47 Å². The van der Waals surface area contributed by atoms with Crippen molar-refractivity contribution in [2.45, 2.75) is 56.2 Å². The molecule has 146 valence electrons. The highest BCUT2D eigenvalue weighted by molar-refractivity contribution is 7.99. The molecule has 0 unspecified atom stereocenters. The van der Waals surface area contributed by atoms with E-state index in [1.807, 2.05) is 37.3 Å². The molecule has 0 aliphatic heterocycles. The summed E-state index contributed by atoms with van der Waals surface area (Å²) in [6.07, 6.45) is 3.72. The highest BCUT2D eigenvalue weighted by Gasteiger charge is 2.23. The quantitative estimate of drug-likeness (QED) is 0.252. The van der Waals surface area contributed by atoms with Gasteiger partial charge in [0.2, 0.25) is 5.75 Å². The first-order valence-corrected chi connectivity index (χ1v) is 10.2. The Bertz CT molecular complexity index is 747. The zero-order chi connectivity index (χ0) is 19.6. The molecule has 0 radical (unpaired) electrons. The number of benzene rings is 2. The number of hydrogen-bond donors (Lipinski definition) is 0. The van der Waals surface area contributed by atoms with Crippen molar-refractivity contribution in [3.8, 4) is 11.5 Å². The summed E-state index contributed by atoms with van der Waals surface area (Å²) >= 11 is 1.46. The number of nitro benzene ring substituents is 1. The van der Waals surface area contributed by atoms with Crippen LogP contribution in [0.5, 0.6) is 11.5 Å². The van der Waals surface area contributed by atoms with Gasteiger partial charge in [-0.1, -0.05) is 56.1 Å². The van der Waals surface area contributed by atoms with Crippen LogP contribution >= 0.6 is 11.8 Å². The van der Waals surface area contributed by atoms with E-state index in [1.165, 1.54) is 23.4 Å². The lowest BCUT2D eigenvalue weighted by Gasteiger charge is -2.14. The molecule has 0 bridgehead atoms. The highest BCUT2D eigenvalue weighted by Crippen LogP contribution is 2.44. The van der Waals surface area contributed by atoms with E-state index in [1.54, 1.807) is 0 Å². The zero-order valence-electron chi connectivity index (χ0n) is 16.2. The fraction of sp³-hybridized carbons (Fsp3) is 0.429. The van der Waals surface area contributed by atoms with Crippen LogP contribution in [0.2, 0.25) is 0 Å². The van der Waals surface area contributed by atoms with Crippen LogP contribution in [0, 0.1) is 17.0 Å². The number of rotatable bonds is 11. The first-order valence-electron chi connectivity index (χ1n) is 9.37. The molecule has 2 aromatic carbocycles. The number of nitrogens with zero attached hydrogens (tertiary/aromatic N) is 1. The molecule has 0 saturated heterocycles. The van der Waals surface area contributed by atoms with E-state index in [-0.39, 0.29) is 5.69 Å². The van der Waals surface area contributed by atoms with Gasteiger partial charge >= 0.3 is 5.69 Å². The number of nitro groups is 1. The standard InChI is InChI=1S/C21H27NO4S/c1-4-6-12-25-17-14-19(22(23)24)21(26-13-7-5-2)20(15-17)27-18-10-8-16(3)9-11-18/h8-11,14-15H,4-7,12-13H2,1-3H3. The summed E-state index contributed by atoms with van der Waals surface area (Å²) in [5, 5.41) is 11.6. The van der Waals surface area contributed by atoms with Gasteiger partial charge in [-0.05, 0) is 38.0 Å². The van der Waals surface area contributed by atoms with Gasteiger partial charge in [0.05, 0.1) is 29.1 Å². The molecule has 0 fully saturated rings. The lowest BCUT2D eigenvalue weighted by molar-refractivity contribution is -0.386. The summed E-state index contributed by atoms with van der Waals surface area (Å²) in [6.45, 7) is 7.16. The molecule has 0 N–H and O–H groups in total. The van der Waals surface area contributed by atoms with E-state index in [0.717, 1.165) is 30.6 Å². The maximum absolute atomic E-state index is 11.6. The minimum absolute atomic E-state index is 0.0466. The second-order valence-corrected chi connectivity index (χ2v) is 7.46. The molecule has 5 nitrogen and oxygen atoms in total. The third kappa shape index (κ3) is 6.47.